The fourth-order valence-electron chi connectivity index (χ4n) is 12.6. The number of aliphatic hydroxyl groups excluding tert-OH is 4. The number of fused-ring (bicyclic) bond motifs is 6. The molecule has 18 N–H and O–H groups in total. The van der Waals surface area contributed by atoms with E-state index in [4.69, 9.17) is 25.4 Å². The number of pyridine rings is 1. The third-order valence-corrected chi connectivity index (χ3v) is 24.9. The van der Waals surface area contributed by atoms with Crippen LogP contribution in [0.4, 0.5) is 0 Å². The van der Waals surface area contributed by atoms with E-state index in [1.165, 1.54) is 76.7 Å². The van der Waals surface area contributed by atoms with Crippen LogP contribution in [0.5, 0.6) is 0 Å². The quantitative estimate of drug-likeness (QED) is 0.0659. The topological polar surface area (TPSA) is 562 Å². The van der Waals surface area contributed by atoms with Gasteiger partial charge in [-0.25, -0.2) is 24.7 Å². The van der Waals surface area contributed by atoms with E-state index in [1.54, 1.807) is 26.0 Å². The van der Waals surface area contributed by atoms with Crippen LogP contribution in [0.2, 0.25) is 0 Å². The van der Waals surface area contributed by atoms with E-state index in [0.717, 1.165) is 57.5 Å². The second-order valence-corrected chi connectivity index (χ2v) is 32.8. The van der Waals surface area contributed by atoms with Crippen molar-refractivity contribution in [1.29, 1.82) is 0 Å². The molecule has 10 rings (SSSR count). The number of aromatic nitrogens is 4. The van der Waals surface area contributed by atoms with Crippen LogP contribution < -0.4 is 64.2 Å². The lowest BCUT2D eigenvalue weighted by atomic mass is 9.79. The highest BCUT2D eigenvalue weighted by Gasteiger charge is 2.54. The molecule has 5 aliphatic heterocycles. The van der Waals surface area contributed by atoms with Crippen molar-refractivity contribution in [1.82, 2.24) is 78.4 Å². The third kappa shape index (κ3) is 18.8. The summed E-state index contributed by atoms with van der Waals surface area (Å²) in [7, 11) is 0. The number of nitrogens with one attached hydrogen (secondary N) is 11. The molecule has 0 aromatic carbocycles. The smallest absolute Gasteiger partial charge is 0.357 e. The number of allylic oxidation sites excluding steroid dienone is 1. The number of ether oxygens (including phenoxy) is 1. The number of amides is 11. The molecule has 4 aromatic rings. The first-order chi connectivity index (χ1) is 53.7. The van der Waals surface area contributed by atoms with Crippen LogP contribution in [0, 0.1) is 5.92 Å². The van der Waals surface area contributed by atoms with Gasteiger partial charge in [0.1, 0.15) is 114 Å². The van der Waals surface area contributed by atoms with Crippen LogP contribution in [-0.4, -0.2) is 215 Å². The number of hydrogen-bond donors (Lipinski definition) is 17. The molecule has 6 aliphatic rings. The van der Waals surface area contributed by atoms with Crippen molar-refractivity contribution in [2.24, 2.45) is 26.6 Å². The van der Waals surface area contributed by atoms with E-state index >= 15 is 14.4 Å². The van der Waals surface area contributed by atoms with Gasteiger partial charge in [-0.1, -0.05) is 58.2 Å². The zero-order valence-electron chi connectivity index (χ0n) is 63.2. The van der Waals surface area contributed by atoms with Crippen LogP contribution in [0.15, 0.2) is 91.9 Å². The molecule has 3 unspecified atom stereocenters. The Balaban J connectivity index is 1.17. The number of cyclic esters (lactones) is 1. The Labute approximate surface area is 672 Å². The van der Waals surface area contributed by atoms with Crippen LogP contribution in [0.25, 0.3) is 6.08 Å². The van der Waals surface area contributed by atoms with Crippen LogP contribution in [0.1, 0.15) is 188 Å². The molecule has 18 atom stereocenters. The van der Waals surface area contributed by atoms with Crippen molar-refractivity contribution in [3.8, 4) is 0 Å². The molecule has 0 fully saturated rings. The van der Waals surface area contributed by atoms with Crippen LogP contribution in [0.3, 0.4) is 0 Å². The van der Waals surface area contributed by atoms with Gasteiger partial charge in [-0.2, -0.15) is 0 Å². The highest BCUT2D eigenvalue weighted by atomic mass is 32.2. The summed E-state index contributed by atoms with van der Waals surface area (Å²) in [6.07, 6.45) is -3.03. The minimum Gasteiger partial charge on any atom is -0.455 e. The number of thioether (sulfide) groups is 2. The molecule has 37 nitrogen and oxygen atoms in total. The number of carbonyl (C=O) groups excluding carboxylic acids is 12. The summed E-state index contributed by atoms with van der Waals surface area (Å²) in [4.78, 5) is 204. The maximum atomic E-state index is 15.4. The lowest BCUT2D eigenvalue weighted by Gasteiger charge is -2.45. The molecule has 0 saturated carbocycles. The summed E-state index contributed by atoms with van der Waals surface area (Å²) >= 11 is 4.67. The van der Waals surface area contributed by atoms with Crippen molar-refractivity contribution >= 4 is 151 Å². The summed E-state index contributed by atoms with van der Waals surface area (Å²) in [5, 5.41) is 90.0. The molecule has 13 bridgehead atoms. The molecule has 0 saturated heterocycles. The summed E-state index contributed by atoms with van der Waals surface area (Å²) in [6.45, 7) is 25.0. The van der Waals surface area contributed by atoms with E-state index < -0.39 is 201 Å². The van der Waals surface area contributed by atoms with Gasteiger partial charge in [0.25, 0.3) is 35.4 Å². The standard InChI is InChI=1S/C72H87N19O18S5/c1-14-26(3)47-63(105)78-30(7)57(99)75-28(5)56(98)76-31(8)58(100)91-72-19-18-40(66-85-43(22-111-66)59(101)77-29(6)55(97)74-27(4)54(73)96)81-52(72)42-21-112-67(83-42)49(34(11)109-69(107)41-20-37(32(9)92)36-16-17-39(79-47)51(95)50(36)80-41)89-60(102)44-24-113-68(86-44)53(71(13,108)35(12)94)90-62(104)45-23-110-65(84-45)38(15-2)82-64(106)48(33(10)93)88-61(103)46-25-114-70(72)87-46/h15-17,20-22,24,26,30-35,39,45,47-49,51-53,70,79,92-95,108H,4-6,14,18-19,23,25H2,1-3,7-13H3,(H2,73,96)(H,74,97)(H,75,99)(H,76,98)(H,77,101)(H,78,105)(H,82,106)(H,88,103)(H,89,102)(H,90,104)(H,91,100)/b38-15-/t26-,30-,31-,32-,33+,34+,35+,39+,45+,47?,48?,49-,51-,52+,53+,70?,71+,72+/m0/s1. The number of thiazole rings is 3. The zero-order valence-corrected chi connectivity index (χ0v) is 67.3. The Kier molecular flexibility index (Phi) is 27.0. The lowest BCUT2D eigenvalue weighted by molar-refractivity contribution is -0.131. The molecule has 1 aliphatic carbocycles. The Bertz CT molecular complexity index is 4770. The predicted octanol–water partition coefficient (Wildman–Crippen LogP) is 0.0610. The number of esters is 1. The first-order valence-corrected chi connectivity index (χ1v) is 40.5. The van der Waals surface area contributed by atoms with E-state index in [9.17, 15) is 68.7 Å². The highest BCUT2D eigenvalue weighted by molar-refractivity contribution is 8.14. The van der Waals surface area contributed by atoms with Crippen molar-refractivity contribution in [3.63, 3.8) is 0 Å². The molecule has 0 radical (unpaired) electrons. The molecule has 608 valence electrons. The van der Waals surface area contributed by atoms with E-state index in [-0.39, 0.29) is 95.4 Å². The van der Waals surface area contributed by atoms with Crippen LogP contribution >= 0.6 is 57.5 Å². The van der Waals surface area contributed by atoms with Gasteiger partial charge in [0, 0.05) is 33.2 Å². The number of primary amides is 1. The van der Waals surface area contributed by atoms with Gasteiger partial charge in [0.2, 0.25) is 29.5 Å². The average Bonchev–Trinajstić information content (AvgIpc) is 1.49. The summed E-state index contributed by atoms with van der Waals surface area (Å²) in [6, 6.07) is -11.4. The normalized spacial score (nSPS) is 28.2. The van der Waals surface area contributed by atoms with Crippen molar-refractivity contribution in [2.75, 3.05) is 11.5 Å². The van der Waals surface area contributed by atoms with Gasteiger partial charge < -0.3 is 89.2 Å². The second-order valence-electron chi connectivity index (χ2n) is 28.1. The van der Waals surface area contributed by atoms with Gasteiger partial charge >= 0.3 is 5.97 Å². The molecule has 4 aromatic heterocycles. The first kappa shape index (κ1) is 86.3. The summed E-state index contributed by atoms with van der Waals surface area (Å²) in [5.41, 5.74) is -1.38. The van der Waals surface area contributed by atoms with E-state index in [1.807, 2.05) is 6.92 Å². The maximum absolute atomic E-state index is 15.4. The molecule has 9 heterocycles. The third-order valence-electron chi connectivity index (χ3n) is 19.8. The fraction of sp³-hybridized carbons (Fsp3) is 0.458. The van der Waals surface area contributed by atoms with E-state index in [2.05, 4.69) is 98.2 Å². The van der Waals surface area contributed by atoms with Crippen molar-refractivity contribution in [3.05, 3.63) is 132 Å². The second kappa shape index (κ2) is 35.7. The number of nitrogens with zero attached hydrogens (tertiary/aromatic N) is 7. The fourth-order valence-corrected chi connectivity index (χ4v) is 17.8. The van der Waals surface area contributed by atoms with Gasteiger partial charge in [-0.15, -0.1) is 57.5 Å². The lowest BCUT2D eigenvalue weighted by Crippen LogP contribution is -2.63. The van der Waals surface area contributed by atoms with Crippen molar-refractivity contribution in [2.45, 2.75) is 190 Å². The Morgan fingerprint density at radius 2 is 1.49 bits per heavy atom. The SMILES string of the molecule is C=C(NC(=O)C(=C)NC(=O)c1csc(C2=N[C@@H]3c4csc(n4)[C@H]4NC(=O)c5csc(n5)[C@H]([C@](C)(O)[C@@H](C)O)NC(=O)[C@H]5CSC(=N5)/C(=C/C)NC(=O)C([C@@H](C)O)NC(=O)C5=NC(SC5)[C@]3(CC2)NC(=O)[C@H](C)NC(=O)C(=C)NC(=O)[C@H](C)NC(=O)C([C@@H](C)CC)N[C@@H]2C=Cc3c([C@H](C)O)cc(nc3[C@H]2O)C(=O)O[C@@H]4C)n1)C(N)=O. The number of aliphatic hydroxyl groups is 5. The predicted molar refractivity (Wildman–Crippen MR) is 421 cm³/mol. The molecular weight excluding hydrogens is 1580 g/mol. The minimum absolute atomic E-state index is 0.00934. The first-order valence-electron chi connectivity index (χ1n) is 35.9. The van der Waals surface area contributed by atoms with Gasteiger partial charge in [-0.3, -0.25) is 73.0 Å². The average molecular weight is 1670 g/mol. The Hall–Kier alpha value is -10.2. The van der Waals surface area contributed by atoms with Gasteiger partial charge in [0.15, 0.2) is 0 Å². The number of carbonyl (C=O) groups is 12. The molecule has 0 spiro atoms. The molecule has 11 amide bonds. The Morgan fingerprint density at radius 1 is 0.781 bits per heavy atom. The number of hydrogen-bond acceptors (Lipinski definition) is 31. The zero-order chi connectivity index (χ0) is 83.4. The number of aliphatic imine (C=N–C) groups is 3. The maximum Gasteiger partial charge on any atom is 0.357 e. The summed E-state index contributed by atoms with van der Waals surface area (Å²) < 4.78 is 6.27. The monoisotopic (exact) mass is 1670 g/mol. The minimum atomic E-state index is -2.20. The Morgan fingerprint density at radius 3 is 2.17 bits per heavy atom. The summed E-state index contributed by atoms with van der Waals surface area (Å²) in [5.74, 6) is -12.2. The van der Waals surface area contributed by atoms with Crippen LogP contribution in [-0.2, 0) is 47.9 Å². The number of nitrogens with two attached hydrogens (primary N) is 1. The van der Waals surface area contributed by atoms with E-state index in [0.29, 0.717) is 6.42 Å². The molecular formula is C72H87N19O18S5. The molecule has 114 heavy (non-hydrogen) atoms. The highest BCUT2D eigenvalue weighted by Crippen LogP contribution is 2.48. The largest absolute Gasteiger partial charge is 0.455 e. The van der Waals surface area contributed by atoms with Gasteiger partial charge in [-0.05, 0) is 85.8 Å². The van der Waals surface area contributed by atoms with Gasteiger partial charge in [0.05, 0.1) is 70.3 Å². The van der Waals surface area contributed by atoms with Crippen molar-refractivity contribution < 1.29 is 87.8 Å². The molecule has 42 heteroatoms. The number of rotatable bonds is 12.